The van der Waals surface area contributed by atoms with E-state index in [1.807, 2.05) is 11.7 Å². The predicted molar refractivity (Wildman–Crippen MR) is 63.8 cm³/mol. The average molecular weight is 209 g/mol. The lowest BCUT2D eigenvalue weighted by atomic mass is 10.1. The minimum Gasteiger partial charge on any atom is -0.312 e. The van der Waals surface area contributed by atoms with Crippen molar-refractivity contribution in [3.8, 4) is 0 Å². The molecule has 1 N–H and O–H groups in total. The Kier molecular flexibility index (Phi) is 4.33. The summed E-state index contributed by atoms with van der Waals surface area (Å²) in [4.78, 5) is 0. The van der Waals surface area contributed by atoms with Gasteiger partial charge in [-0.2, -0.15) is 5.10 Å². The van der Waals surface area contributed by atoms with Gasteiger partial charge in [-0.05, 0) is 26.3 Å². The van der Waals surface area contributed by atoms with Crippen LogP contribution in [0.3, 0.4) is 0 Å². The van der Waals surface area contributed by atoms with E-state index < -0.39 is 0 Å². The molecule has 3 nitrogen and oxygen atoms in total. The Morgan fingerprint density at radius 1 is 1.40 bits per heavy atom. The van der Waals surface area contributed by atoms with Crippen LogP contribution >= 0.6 is 0 Å². The monoisotopic (exact) mass is 209 g/mol. The third kappa shape index (κ3) is 3.06. The lowest BCUT2D eigenvalue weighted by molar-refractivity contribution is 0.499. The summed E-state index contributed by atoms with van der Waals surface area (Å²) in [5.74, 6) is 0.752. The van der Waals surface area contributed by atoms with Crippen LogP contribution in [-0.2, 0) is 13.6 Å². The summed E-state index contributed by atoms with van der Waals surface area (Å²) < 4.78 is 1.95. The van der Waals surface area contributed by atoms with E-state index in [1.54, 1.807) is 0 Å². The minimum absolute atomic E-state index is 0.752. The summed E-state index contributed by atoms with van der Waals surface area (Å²) in [5, 5.41) is 7.90. The standard InChI is InChI=1S/C12H23N3/c1-6-9(2)7-13-8-12-10(3)14-15(5)11(12)4/h9,13H,6-8H2,1-5H3. The highest BCUT2D eigenvalue weighted by Gasteiger charge is 2.08. The molecule has 1 aromatic heterocycles. The summed E-state index contributed by atoms with van der Waals surface area (Å²) in [6, 6.07) is 0. The predicted octanol–water partition coefficient (Wildman–Crippen LogP) is 2.17. The number of aromatic nitrogens is 2. The Morgan fingerprint density at radius 2 is 2.07 bits per heavy atom. The van der Waals surface area contributed by atoms with Crippen LogP contribution in [0.5, 0.6) is 0 Å². The van der Waals surface area contributed by atoms with Gasteiger partial charge in [0.05, 0.1) is 5.69 Å². The Morgan fingerprint density at radius 3 is 2.53 bits per heavy atom. The average Bonchev–Trinajstić information content (AvgIpc) is 2.44. The fourth-order valence-electron chi connectivity index (χ4n) is 1.66. The van der Waals surface area contributed by atoms with E-state index in [4.69, 9.17) is 0 Å². The molecular weight excluding hydrogens is 186 g/mol. The molecule has 0 radical (unpaired) electrons. The van der Waals surface area contributed by atoms with Crippen LogP contribution in [0.4, 0.5) is 0 Å². The van der Waals surface area contributed by atoms with E-state index in [9.17, 15) is 0 Å². The summed E-state index contributed by atoms with van der Waals surface area (Å²) in [5.41, 5.74) is 3.76. The van der Waals surface area contributed by atoms with Crippen LogP contribution in [0.25, 0.3) is 0 Å². The van der Waals surface area contributed by atoms with Gasteiger partial charge in [-0.25, -0.2) is 0 Å². The molecule has 0 spiro atoms. The van der Waals surface area contributed by atoms with Crippen molar-refractivity contribution in [3.05, 3.63) is 17.0 Å². The summed E-state index contributed by atoms with van der Waals surface area (Å²) in [7, 11) is 2.00. The van der Waals surface area contributed by atoms with E-state index >= 15 is 0 Å². The largest absolute Gasteiger partial charge is 0.312 e. The maximum absolute atomic E-state index is 4.41. The van der Waals surface area contributed by atoms with Crippen molar-refractivity contribution in [2.75, 3.05) is 6.54 Å². The Hall–Kier alpha value is -0.830. The third-order valence-electron chi connectivity index (χ3n) is 3.15. The molecule has 0 aromatic carbocycles. The maximum Gasteiger partial charge on any atom is 0.0641 e. The highest BCUT2D eigenvalue weighted by atomic mass is 15.3. The van der Waals surface area contributed by atoms with Gasteiger partial charge < -0.3 is 5.32 Å². The van der Waals surface area contributed by atoms with Crippen LogP contribution in [0.2, 0.25) is 0 Å². The smallest absolute Gasteiger partial charge is 0.0641 e. The van der Waals surface area contributed by atoms with E-state index in [0.717, 1.165) is 24.7 Å². The Bertz CT molecular complexity index is 315. The fourth-order valence-corrected chi connectivity index (χ4v) is 1.66. The second-order valence-electron chi connectivity index (χ2n) is 4.42. The molecule has 1 heterocycles. The van der Waals surface area contributed by atoms with Crippen molar-refractivity contribution >= 4 is 0 Å². The molecule has 0 amide bonds. The first-order chi connectivity index (χ1) is 7.06. The highest BCUT2D eigenvalue weighted by Crippen LogP contribution is 2.11. The zero-order valence-electron chi connectivity index (χ0n) is 10.6. The van der Waals surface area contributed by atoms with Gasteiger partial charge in [-0.3, -0.25) is 4.68 Å². The first-order valence-electron chi connectivity index (χ1n) is 5.76. The SMILES string of the molecule is CCC(C)CNCc1c(C)nn(C)c1C. The van der Waals surface area contributed by atoms with Gasteiger partial charge in [-0.15, -0.1) is 0 Å². The summed E-state index contributed by atoms with van der Waals surface area (Å²) in [6.07, 6.45) is 1.23. The van der Waals surface area contributed by atoms with E-state index in [2.05, 4.69) is 38.1 Å². The molecule has 0 saturated heterocycles. The van der Waals surface area contributed by atoms with Gasteiger partial charge >= 0.3 is 0 Å². The maximum atomic E-state index is 4.41. The molecular formula is C12H23N3. The quantitative estimate of drug-likeness (QED) is 0.805. The van der Waals surface area contributed by atoms with Crippen molar-refractivity contribution < 1.29 is 0 Å². The number of rotatable bonds is 5. The second-order valence-corrected chi connectivity index (χ2v) is 4.42. The Balaban J connectivity index is 2.50. The topological polar surface area (TPSA) is 29.9 Å². The first kappa shape index (κ1) is 12.2. The number of hydrogen-bond donors (Lipinski definition) is 1. The lowest BCUT2D eigenvalue weighted by Crippen LogP contribution is -2.20. The number of hydrogen-bond acceptors (Lipinski definition) is 2. The van der Waals surface area contributed by atoms with Crippen molar-refractivity contribution in [3.63, 3.8) is 0 Å². The minimum atomic E-state index is 0.752. The van der Waals surface area contributed by atoms with Gasteiger partial charge in [0.25, 0.3) is 0 Å². The number of nitrogens with zero attached hydrogens (tertiary/aromatic N) is 2. The molecule has 1 rings (SSSR count). The lowest BCUT2D eigenvalue weighted by Gasteiger charge is -2.10. The van der Waals surface area contributed by atoms with Crippen LogP contribution in [0.15, 0.2) is 0 Å². The highest BCUT2D eigenvalue weighted by molar-refractivity contribution is 5.23. The molecule has 3 heteroatoms. The normalized spacial score (nSPS) is 13.1. The first-order valence-corrected chi connectivity index (χ1v) is 5.76. The molecule has 1 atom stereocenters. The zero-order valence-corrected chi connectivity index (χ0v) is 10.6. The van der Waals surface area contributed by atoms with Crippen LogP contribution < -0.4 is 5.32 Å². The van der Waals surface area contributed by atoms with E-state index in [0.29, 0.717) is 0 Å². The zero-order chi connectivity index (χ0) is 11.4. The third-order valence-corrected chi connectivity index (χ3v) is 3.15. The Labute approximate surface area is 92.9 Å². The molecule has 0 aliphatic rings. The molecule has 15 heavy (non-hydrogen) atoms. The summed E-state index contributed by atoms with van der Waals surface area (Å²) >= 11 is 0. The van der Waals surface area contributed by atoms with Crippen molar-refractivity contribution in [2.24, 2.45) is 13.0 Å². The molecule has 0 aliphatic heterocycles. The van der Waals surface area contributed by atoms with Gasteiger partial charge in [0.2, 0.25) is 0 Å². The van der Waals surface area contributed by atoms with Crippen molar-refractivity contribution in [1.29, 1.82) is 0 Å². The van der Waals surface area contributed by atoms with Crippen LogP contribution in [-0.4, -0.2) is 16.3 Å². The molecule has 86 valence electrons. The molecule has 0 aliphatic carbocycles. The van der Waals surface area contributed by atoms with Gasteiger partial charge in [0.15, 0.2) is 0 Å². The molecule has 0 saturated carbocycles. The van der Waals surface area contributed by atoms with Gasteiger partial charge in [0.1, 0.15) is 0 Å². The molecule has 1 aromatic rings. The van der Waals surface area contributed by atoms with E-state index in [-0.39, 0.29) is 0 Å². The van der Waals surface area contributed by atoms with Crippen molar-refractivity contribution in [2.45, 2.75) is 40.7 Å². The number of nitrogens with one attached hydrogen (secondary N) is 1. The molecule has 0 fully saturated rings. The fraction of sp³-hybridized carbons (Fsp3) is 0.750. The number of aryl methyl sites for hydroxylation is 2. The van der Waals surface area contributed by atoms with Gasteiger partial charge in [0, 0.05) is 24.8 Å². The van der Waals surface area contributed by atoms with Gasteiger partial charge in [-0.1, -0.05) is 20.3 Å². The van der Waals surface area contributed by atoms with Crippen molar-refractivity contribution in [1.82, 2.24) is 15.1 Å². The molecule has 1 unspecified atom stereocenters. The second kappa shape index (κ2) is 5.31. The summed E-state index contributed by atoms with van der Waals surface area (Å²) in [6.45, 7) is 10.7. The molecule has 0 bridgehead atoms. The van der Waals surface area contributed by atoms with E-state index in [1.165, 1.54) is 17.7 Å². The van der Waals surface area contributed by atoms with Crippen LogP contribution in [0.1, 0.15) is 37.2 Å². The van der Waals surface area contributed by atoms with Crippen LogP contribution in [0, 0.1) is 19.8 Å².